The summed E-state index contributed by atoms with van der Waals surface area (Å²) in [6, 6.07) is 1.08. The second kappa shape index (κ2) is 4.40. The van der Waals surface area contributed by atoms with E-state index in [0.717, 1.165) is 6.07 Å². The minimum Gasteiger partial charge on any atom is -0.397 e. The molecular weight excluding hydrogens is 263 g/mol. The molecule has 0 aliphatic carbocycles. The molecular formula is C13H13ClF3N. The van der Waals surface area contributed by atoms with E-state index in [4.69, 9.17) is 23.8 Å². The number of benzene rings is 1. The van der Waals surface area contributed by atoms with Crippen LogP contribution in [0.1, 0.15) is 37.5 Å². The summed E-state index contributed by atoms with van der Waals surface area (Å²) < 4.78 is 39.4. The maximum absolute atomic E-state index is 13.1. The van der Waals surface area contributed by atoms with Gasteiger partial charge in [0.25, 0.3) is 0 Å². The van der Waals surface area contributed by atoms with E-state index < -0.39 is 17.2 Å². The lowest BCUT2D eigenvalue weighted by molar-refractivity contribution is -0.138. The lowest BCUT2D eigenvalue weighted by atomic mass is 9.81. The zero-order valence-corrected chi connectivity index (χ0v) is 11.0. The molecule has 98 valence electrons. The Morgan fingerprint density at radius 2 is 1.72 bits per heavy atom. The quantitative estimate of drug-likeness (QED) is 0.557. The molecule has 0 radical (unpaired) electrons. The molecule has 0 aromatic heterocycles. The molecule has 2 N–H and O–H groups in total. The minimum atomic E-state index is -4.57. The number of nitrogen functional groups attached to an aromatic ring is 1. The minimum absolute atomic E-state index is 0.0579. The molecule has 0 atom stereocenters. The average molecular weight is 276 g/mol. The van der Waals surface area contributed by atoms with Crippen molar-refractivity contribution in [2.24, 2.45) is 0 Å². The summed E-state index contributed by atoms with van der Waals surface area (Å²) in [4.78, 5) is 0. The molecule has 0 heterocycles. The largest absolute Gasteiger partial charge is 0.417 e. The normalized spacial score (nSPS) is 12.3. The summed E-state index contributed by atoms with van der Waals surface area (Å²) in [5, 5.41) is -0.0891. The highest BCUT2D eigenvalue weighted by molar-refractivity contribution is 6.34. The number of anilines is 1. The third kappa shape index (κ3) is 2.56. The molecule has 1 aromatic rings. The third-order valence-electron chi connectivity index (χ3n) is 2.48. The smallest absolute Gasteiger partial charge is 0.397 e. The fraction of sp³-hybridized carbons (Fsp3) is 0.385. The van der Waals surface area contributed by atoms with Crippen LogP contribution >= 0.6 is 11.6 Å². The Morgan fingerprint density at radius 1 is 1.22 bits per heavy atom. The molecule has 1 nitrogen and oxygen atoms in total. The van der Waals surface area contributed by atoms with Crippen LogP contribution in [0.4, 0.5) is 18.9 Å². The Hall–Kier alpha value is -1.34. The van der Waals surface area contributed by atoms with Crippen LogP contribution in [-0.4, -0.2) is 0 Å². The Labute approximate surface area is 109 Å². The third-order valence-corrected chi connectivity index (χ3v) is 2.89. The van der Waals surface area contributed by atoms with Crippen LogP contribution in [0.15, 0.2) is 6.07 Å². The molecule has 1 aromatic carbocycles. The van der Waals surface area contributed by atoms with Crippen molar-refractivity contribution >= 4 is 17.3 Å². The predicted molar refractivity (Wildman–Crippen MR) is 67.5 cm³/mol. The fourth-order valence-corrected chi connectivity index (χ4v) is 2.22. The summed E-state index contributed by atoms with van der Waals surface area (Å²) in [6.07, 6.45) is 0.562. The Morgan fingerprint density at radius 3 is 2.06 bits per heavy atom. The van der Waals surface area contributed by atoms with E-state index in [0.29, 0.717) is 0 Å². The average Bonchev–Trinajstić information content (AvgIpc) is 2.17. The number of rotatable bonds is 0. The van der Waals surface area contributed by atoms with Gasteiger partial charge in [-0.15, -0.1) is 6.42 Å². The number of terminal acetylenes is 1. The van der Waals surface area contributed by atoms with Crippen LogP contribution < -0.4 is 5.73 Å². The van der Waals surface area contributed by atoms with E-state index in [1.807, 2.05) is 5.92 Å². The summed E-state index contributed by atoms with van der Waals surface area (Å²) in [5.74, 6) is 2.02. The van der Waals surface area contributed by atoms with E-state index in [1.165, 1.54) is 0 Å². The molecule has 18 heavy (non-hydrogen) atoms. The van der Waals surface area contributed by atoms with Crippen LogP contribution in [0.25, 0.3) is 0 Å². The molecule has 0 aliphatic rings. The van der Waals surface area contributed by atoms with Crippen molar-refractivity contribution in [1.82, 2.24) is 0 Å². The molecule has 0 aliphatic heterocycles. The van der Waals surface area contributed by atoms with Crippen LogP contribution in [0.5, 0.6) is 0 Å². The van der Waals surface area contributed by atoms with Crippen molar-refractivity contribution in [2.75, 3.05) is 5.73 Å². The van der Waals surface area contributed by atoms with E-state index >= 15 is 0 Å². The van der Waals surface area contributed by atoms with Gasteiger partial charge in [0.05, 0.1) is 16.3 Å². The van der Waals surface area contributed by atoms with Gasteiger partial charge in [0.15, 0.2) is 0 Å². The molecule has 0 spiro atoms. The maximum atomic E-state index is 13.1. The standard InChI is InChI=1S/C13H13ClF3N/c1-5-7-6-8(18)11(14)10(12(2,3)4)9(7)13(15,16)17/h1,6H,18H2,2-4H3. The summed E-state index contributed by atoms with van der Waals surface area (Å²) in [7, 11) is 0. The van der Waals surface area contributed by atoms with Gasteiger partial charge in [0.2, 0.25) is 0 Å². The topological polar surface area (TPSA) is 26.0 Å². The van der Waals surface area contributed by atoms with Crippen molar-refractivity contribution in [3.8, 4) is 12.3 Å². The van der Waals surface area contributed by atoms with Crippen LogP contribution in [0.2, 0.25) is 5.02 Å². The van der Waals surface area contributed by atoms with Gasteiger partial charge < -0.3 is 5.73 Å². The summed E-state index contributed by atoms with van der Waals surface area (Å²) in [6.45, 7) is 4.88. The molecule has 5 heteroatoms. The SMILES string of the molecule is C#Cc1cc(N)c(Cl)c(C(C)(C)C)c1C(F)(F)F. The van der Waals surface area contributed by atoms with E-state index in [1.54, 1.807) is 20.8 Å². The highest BCUT2D eigenvalue weighted by atomic mass is 35.5. The first kappa shape index (κ1) is 14.7. The van der Waals surface area contributed by atoms with Gasteiger partial charge >= 0.3 is 6.18 Å². The molecule has 0 unspecified atom stereocenters. The van der Waals surface area contributed by atoms with Crippen molar-refractivity contribution in [3.05, 3.63) is 27.8 Å². The Bertz CT molecular complexity index is 519. The van der Waals surface area contributed by atoms with Crippen LogP contribution in [0, 0.1) is 12.3 Å². The van der Waals surface area contributed by atoms with Gasteiger partial charge in [-0.05, 0) is 17.0 Å². The highest BCUT2D eigenvalue weighted by Crippen LogP contribution is 2.44. The first-order valence-electron chi connectivity index (χ1n) is 5.16. The van der Waals surface area contributed by atoms with Crippen molar-refractivity contribution < 1.29 is 13.2 Å². The fourth-order valence-electron chi connectivity index (χ4n) is 1.79. The first-order chi connectivity index (χ1) is 8.00. The van der Waals surface area contributed by atoms with Crippen LogP contribution in [-0.2, 0) is 11.6 Å². The molecule has 0 amide bonds. The van der Waals surface area contributed by atoms with Crippen LogP contribution in [0.3, 0.4) is 0 Å². The monoisotopic (exact) mass is 275 g/mol. The van der Waals surface area contributed by atoms with Crippen molar-refractivity contribution in [1.29, 1.82) is 0 Å². The first-order valence-corrected chi connectivity index (χ1v) is 5.54. The van der Waals surface area contributed by atoms with Gasteiger partial charge in [0.1, 0.15) is 0 Å². The molecule has 0 fully saturated rings. The van der Waals surface area contributed by atoms with Gasteiger partial charge in [0, 0.05) is 5.56 Å². The maximum Gasteiger partial charge on any atom is 0.417 e. The Kier molecular flexibility index (Phi) is 3.60. The number of nitrogens with two attached hydrogens (primary N) is 1. The highest BCUT2D eigenvalue weighted by Gasteiger charge is 2.40. The second-order valence-electron chi connectivity index (χ2n) is 4.97. The van der Waals surface area contributed by atoms with Gasteiger partial charge in [-0.25, -0.2) is 0 Å². The second-order valence-corrected chi connectivity index (χ2v) is 5.35. The Balaban J connectivity index is 3.87. The van der Waals surface area contributed by atoms with Gasteiger partial charge in [-0.3, -0.25) is 0 Å². The summed E-state index contributed by atoms with van der Waals surface area (Å²) >= 11 is 5.92. The number of alkyl halides is 3. The van der Waals surface area contributed by atoms with Gasteiger partial charge in [-0.1, -0.05) is 38.3 Å². The molecule has 0 saturated carbocycles. The predicted octanol–water partition coefficient (Wildman–Crippen LogP) is 4.22. The van der Waals surface area contributed by atoms with E-state index in [2.05, 4.69) is 0 Å². The summed E-state index contributed by atoms with van der Waals surface area (Å²) in [5.41, 5.74) is 3.63. The van der Waals surface area contributed by atoms with Crippen molar-refractivity contribution in [2.45, 2.75) is 32.4 Å². The molecule has 1 rings (SSSR count). The lowest BCUT2D eigenvalue weighted by Crippen LogP contribution is -2.22. The number of halogens is 4. The molecule has 0 bridgehead atoms. The van der Waals surface area contributed by atoms with Gasteiger partial charge in [-0.2, -0.15) is 13.2 Å². The number of hydrogen-bond acceptors (Lipinski definition) is 1. The lowest BCUT2D eigenvalue weighted by Gasteiger charge is -2.27. The zero-order chi connectivity index (χ0) is 14.3. The van der Waals surface area contributed by atoms with E-state index in [-0.39, 0.29) is 21.8 Å². The number of hydrogen-bond donors (Lipinski definition) is 1. The zero-order valence-electron chi connectivity index (χ0n) is 10.2. The van der Waals surface area contributed by atoms with Crippen molar-refractivity contribution in [3.63, 3.8) is 0 Å². The van der Waals surface area contributed by atoms with E-state index in [9.17, 15) is 13.2 Å². The molecule has 0 saturated heterocycles.